The van der Waals surface area contributed by atoms with E-state index in [1.54, 1.807) is 0 Å². The second kappa shape index (κ2) is 7.82. The molecule has 23 heavy (non-hydrogen) atoms. The predicted molar refractivity (Wildman–Crippen MR) is 93.9 cm³/mol. The van der Waals surface area contributed by atoms with Crippen molar-refractivity contribution < 1.29 is 9.53 Å². The van der Waals surface area contributed by atoms with Gasteiger partial charge in [-0.25, -0.2) is 0 Å². The van der Waals surface area contributed by atoms with Gasteiger partial charge in [0.1, 0.15) is 12.4 Å². The van der Waals surface area contributed by atoms with E-state index in [9.17, 15) is 4.79 Å². The zero-order chi connectivity index (χ0) is 16.8. The van der Waals surface area contributed by atoms with Crippen LogP contribution in [0.5, 0.6) is 5.75 Å². The molecule has 2 aromatic carbocycles. The smallest absolute Gasteiger partial charge is 0.224 e. The van der Waals surface area contributed by atoms with Crippen molar-refractivity contribution in [1.82, 2.24) is 5.32 Å². The summed E-state index contributed by atoms with van der Waals surface area (Å²) < 4.78 is 5.70. The average Bonchev–Trinajstić information content (AvgIpc) is 2.49. The van der Waals surface area contributed by atoms with Crippen LogP contribution in [0.1, 0.15) is 29.2 Å². The molecule has 0 spiro atoms. The molecule has 1 atom stereocenters. The van der Waals surface area contributed by atoms with Crippen molar-refractivity contribution >= 4 is 5.91 Å². The molecule has 0 aliphatic carbocycles. The van der Waals surface area contributed by atoms with Crippen molar-refractivity contribution in [3.63, 3.8) is 0 Å². The van der Waals surface area contributed by atoms with Crippen LogP contribution in [0, 0.1) is 20.8 Å². The Balaban J connectivity index is 1.81. The van der Waals surface area contributed by atoms with E-state index in [1.165, 1.54) is 11.1 Å². The maximum atomic E-state index is 12.1. The number of amides is 1. The molecule has 0 bridgehead atoms. The predicted octanol–water partition coefficient (Wildman–Crippen LogP) is 3.74. The van der Waals surface area contributed by atoms with Crippen molar-refractivity contribution in [3.8, 4) is 5.75 Å². The summed E-state index contributed by atoms with van der Waals surface area (Å²) in [7, 11) is 0. The van der Waals surface area contributed by atoms with Crippen molar-refractivity contribution in [2.75, 3.05) is 6.61 Å². The second-order valence-corrected chi connectivity index (χ2v) is 6.20. The fourth-order valence-corrected chi connectivity index (χ4v) is 2.44. The van der Waals surface area contributed by atoms with Crippen molar-refractivity contribution in [2.24, 2.45) is 0 Å². The van der Waals surface area contributed by atoms with E-state index >= 15 is 0 Å². The molecule has 1 amide bonds. The molecule has 0 aromatic heterocycles. The summed E-state index contributed by atoms with van der Waals surface area (Å²) in [5.74, 6) is 0.850. The van der Waals surface area contributed by atoms with Crippen LogP contribution < -0.4 is 10.1 Å². The number of hydrogen-bond donors (Lipinski definition) is 1. The van der Waals surface area contributed by atoms with Crippen LogP contribution in [0.4, 0.5) is 0 Å². The van der Waals surface area contributed by atoms with E-state index in [1.807, 2.05) is 57.2 Å². The topological polar surface area (TPSA) is 38.3 Å². The van der Waals surface area contributed by atoms with E-state index in [0.29, 0.717) is 13.0 Å². The number of carbonyl (C=O) groups excluding carboxylic acids is 1. The molecule has 2 rings (SSSR count). The lowest BCUT2D eigenvalue weighted by atomic mass is 10.0. The molecule has 0 heterocycles. The van der Waals surface area contributed by atoms with Gasteiger partial charge in [-0.3, -0.25) is 4.79 Å². The Labute approximate surface area is 138 Å². The number of aryl methyl sites for hydroxylation is 3. The van der Waals surface area contributed by atoms with Crippen LogP contribution >= 0.6 is 0 Å². The highest BCUT2D eigenvalue weighted by molar-refractivity contribution is 5.79. The molecule has 0 saturated heterocycles. The molecule has 2 aromatic rings. The molecule has 0 radical (unpaired) electrons. The number of nitrogens with one attached hydrogen (secondary N) is 1. The number of rotatable bonds is 6. The molecule has 0 saturated carbocycles. The highest BCUT2D eigenvalue weighted by Gasteiger charge is 2.10. The Hall–Kier alpha value is -2.29. The minimum absolute atomic E-state index is 0.0250. The standard InChI is InChI=1S/C20H25NO2/c1-14-6-9-19(10-7-14)23-13-17(4)21-20(22)12-18-8-5-15(2)11-16(18)3/h5-11,17H,12-13H2,1-4H3,(H,21,22)/t17-/m0/s1. The van der Waals surface area contributed by atoms with Gasteiger partial charge >= 0.3 is 0 Å². The Bertz CT molecular complexity index is 662. The van der Waals surface area contributed by atoms with Gasteiger partial charge in [0.05, 0.1) is 12.5 Å². The van der Waals surface area contributed by atoms with Crippen LogP contribution in [0.25, 0.3) is 0 Å². The largest absolute Gasteiger partial charge is 0.491 e. The van der Waals surface area contributed by atoms with E-state index < -0.39 is 0 Å². The Morgan fingerprint density at radius 2 is 1.70 bits per heavy atom. The highest BCUT2D eigenvalue weighted by Crippen LogP contribution is 2.12. The molecule has 3 heteroatoms. The van der Waals surface area contributed by atoms with E-state index in [2.05, 4.69) is 18.3 Å². The maximum absolute atomic E-state index is 12.1. The van der Waals surface area contributed by atoms with Crippen molar-refractivity contribution in [3.05, 3.63) is 64.7 Å². The zero-order valence-corrected chi connectivity index (χ0v) is 14.3. The first-order valence-corrected chi connectivity index (χ1v) is 7.99. The van der Waals surface area contributed by atoms with Gasteiger partial charge in [-0.05, 0) is 51.0 Å². The minimum Gasteiger partial charge on any atom is -0.491 e. The summed E-state index contributed by atoms with van der Waals surface area (Å²) in [5.41, 5.74) is 4.64. The van der Waals surface area contributed by atoms with E-state index in [4.69, 9.17) is 4.74 Å². The van der Waals surface area contributed by atoms with Gasteiger partial charge in [-0.2, -0.15) is 0 Å². The third-order valence-electron chi connectivity index (χ3n) is 3.78. The van der Waals surface area contributed by atoms with Gasteiger partial charge in [-0.1, -0.05) is 41.5 Å². The average molecular weight is 311 g/mol. The van der Waals surface area contributed by atoms with Crippen LogP contribution in [-0.2, 0) is 11.2 Å². The molecule has 0 unspecified atom stereocenters. The van der Waals surface area contributed by atoms with E-state index in [-0.39, 0.29) is 11.9 Å². The van der Waals surface area contributed by atoms with E-state index in [0.717, 1.165) is 16.9 Å². The Morgan fingerprint density at radius 3 is 2.35 bits per heavy atom. The van der Waals surface area contributed by atoms with Crippen molar-refractivity contribution in [1.29, 1.82) is 0 Å². The van der Waals surface area contributed by atoms with Gasteiger partial charge in [0.25, 0.3) is 0 Å². The van der Waals surface area contributed by atoms with Gasteiger partial charge in [0, 0.05) is 0 Å². The molecular weight excluding hydrogens is 286 g/mol. The summed E-state index contributed by atoms with van der Waals surface area (Å²) >= 11 is 0. The SMILES string of the molecule is Cc1ccc(OC[C@H](C)NC(=O)Cc2ccc(C)cc2C)cc1. The monoisotopic (exact) mass is 311 g/mol. The lowest BCUT2D eigenvalue weighted by molar-refractivity contribution is -0.121. The molecular formula is C20H25NO2. The Morgan fingerprint density at radius 1 is 1.04 bits per heavy atom. The van der Waals surface area contributed by atoms with Crippen LogP contribution in [0.3, 0.4) is 0 Å². The molecule has 0 aliphatic rings. The summed E-state index contributed by atoms with van der Waals surface area (Å²) in [6, 6.07) is 14.1. The summed E-state index contributed by atoms with van der Waals surface area (Å²) in [4.78, 5) is 12.1. The van der Waals surface area contributed by atoms with Gasteiger partial charge in [0.15, 0.2) is 0 Å². The quantitative estimate of drug-likeness (QED) is 0.882. The first-order valence-electron chi connectivity index (χ1n) is 7.99. The fraction of sp³-hybridized carbons (Fsp3) is 0.350. The first-order chi connectivity index (χ1) is 10.9. The third-order valence-corrected chi connectivity index (χ3v) is 3.78. The number of benzene rings is 2. The summed E-state index contributed by atoms with van der Waals surface area (Å²) in [6.45, 7) is 8.55. The van der Waals surface area contributed by atoms with Crippen LogP contribution in [0.2, 0.25) is 0 Å². The first kappa shape index (κ1) is 17.1. The maximum Gasteiger partial charge on any atom is 0.224 e. The van der Waals surface area contributed by atoms with Gasteiger partial charge in [0.2, 0.25) is 5.91 Å². The fourth-order valence-electron chi connectivity index (χ4n) is 2.44. The van der Waals surface area contributed by atoms with Crippen LogP contribution in [-0.4, -0.2) is 18.6 Å². The zero-order valence-electron chi connectivity index (χ0n) is 14.3. The highest BCUT2D eigenvalue weighted by atomic mass is 16.5. The normalized spacial score (nSPS) is 11.8. The third kappa shape index (κ3) is 5.44. The lowest BCUT2D eigenvalue weighted by Crippen LogP contribution is -2.37. The minimum atomic E-state index is -0.0328. The molecule has 1 N–H and O–H groups in total. The summed E-state index contributed by atoms with van der Waals surface area (Å²) in [6.07, 6.45) is 0.404. The Kier molecular flexibility index (Phi) is 5.80. The molecule has 3 nitrogen and oxygen atoms in total. The van der Waals surface area contributed by atoms with Gasteiger partial charge < -0.3 is 10.1 Å². The summed E-state index contributed by atoms with van der Waals surface area (Å²) in [5, 5.41) is 2.99. The molecule has 0 aliphatic heterocycles. The number of carbonyl (C=O) groups is 1. The van der Waals surface area contributed by atoms with Crippen LogP contribution in [0.15, 0.2) is 42.5 Å². The lowest BCUT2D eigenvalue weighted by Gasteiger charge is -2.16. The van der Waals surface area contributed by atoms with Crippen molar-refractivity contribution in [2.45, 2.75) is 40.2 Å². The van der Waals surface area contributed by atoms with Gasteiger partial charge in [-0.15, -0.1) is 0 Å². The number of hydrogen-bond acceptors (Lipinski definition) is 2. The number of ether oxygens (including phenoxy) is 1. The molecule has 122 valence electrons. The molecule has 0 fully saturated rings. The second-order valence-electron chi connectivity index (χ2n) is 6.20.